The number of anilines is 1. The molecule has 1 aromatic carbocycles. The van der Waals surface area contributed by atoms with Crippen LogP contribution < -0.4 is 10.5 Å². The van der Waals surface area contributed by atoms with Crippen molar-refractivity contribution in [1.29, 1.82) is 0 Å². The van der Waals surface area contributed by atoms with Gasteiger partial charge >= 0.3 is 6.09 Å². The second kappa shape index (κ2) is 10.6. The summed E-state index contributed by atoms with van der Waals surface area (Å²) >= 11 is 1.32. The van der Waals surface area contributed by atoms with Crippen LogP contribution in [0.2, 0.25) is 0 Å². The van der Waals surface area contributed by atoms with Crippen LogP contribution in [0.3, 0.4) is 0 Å². The fraction of sp³-hybridized carbons (Fsp3) is 0.519. The van der Waals surface area contributed by atoms with Crippen molar-refractivity contribution in [2.24, 2.45) is 7.05 Å². The molecule has 10 heteroatoms. The number of rotatable bonds is 7. The number of ketones is 1. The Morgan fingerprint density at radius 1 is 1.22 bits per heavy atom. The highest BCUT2D eigenvalue weighted by atomic mass is 32.1. The van der Waals surface area contributed by atoms with Gasteiger partial charge in [-0.2, -0.15) is 0 Å². The Morgan fingerprint density at radius 3 is 2.59 bits per heavy atom. The number of fused-ring (bicyclic) bond motifs is 1. The molecule has 0 unspecified atom stereocenters. The molecule has 4 rings (SSSR count). The lowest BCUT2D eigenvalue weighted by atomic mass is 10.0. The van der Waals surface area contributed by atoms with E-state index in [1.807, 2.05) is 35.2 Å². The summed E-state index contributed by atoms with van der Waals surface area (Å²) in [5.74, 6) is 0.632. The lowest BCUT2D eigenvalue weighted by Gasteiger charge is -2.28. The monoisotopic (exact) mass is 525 g/mol. The van der Waals surface area contributed by atoms with E-state index in [2.05, 4.69) is 4.98 Å². The van der Waals surface area contributed by atoms with Gasteiger partial charge in [0.2, 0.25) is 0 Å². The van der Waals surface area contributed by atoms with E-state index in [4.69, 9.17) is 9.72 Å². The first-order valence-corrected chi connectivity index (χ1v) is 13.4. The smallest absolute Gasteiger partial charge is 0.410 e. The second-order valence-electron chi connectivity index (χ2n) is 10.6. The number of hydrogen-bond donors (Lipinski definition) is 0. The maximum atomic E-state index is 13.2. The Morgan fingerprint density at radius 2 is 1.92 bits per heavy atom. The highest BCUT2D eigenvalue weighted by Crippen LogP contribution is 2.33. The predicted octanol–water partition coefficient (Wildman–Crippen LogP) is 4.49. The van der Waals surface area contributed by atoms with Gasteiger partial charge in [0.05, 0.1) is 12.1 Å². The maximum Gasteiger partial charge on any atom is 0.410 e. The molecule has 0 saturated carbocycles. The first kappa shape index (κ1) is 26.8. The minimum Gasteiger partial charge on any atom is -0.444 e. The van der Waals surface area contributed by atoms with Gasteiger partial charge < -0.3 is 14.5 Å². The Kier molecular flexibility index (Phi) is 7.68. The third kappa shape index (κ3) is 5.84. The van der Waals surface area contributed by atoms with E-state index in [1.54, 1.807) is 41.8 Å². The molecular formula is C27H35N5O4S. The van der Waals surface area contributed by atoms with Crippen LogP contribution in [0.1, 0.15) is 64.4 Å². The fourth-order valence-corrected chi connectivity index (χ4v) is 5.54. The van der Waals surface area contributed by atoms with Gasteiger partial charge in [0, 0.05) is 27.1 Å². The molecule has 0 aliphatic carbocycles. The van der Waals surface area contributed by atoms with Crippen molar-refractivity contribution in [3.63, 3.8) is 0 Å². The van der Waals surface area contributed by atoms with Crippen LogP contribution in [0.15, 0.2) is 35.1 Å². The van der Waals surface area contributed by atoms with E-state index in [0.29, 0.717) is 35.2 Å². The molecule has 1 saturated heterocycles. The highest BCUT2D eigenvalue weighted by molar-refractivity contribution is 7.21. The average Bonchev–Trinajstić information content (AvgIpc) is 3.51. The van der Waals surface area contributed by atoms with Gasteiger partial charge in [0.1, 0.15) is 11.4 Å². The van der Waals surface area contributed by atoms with Crippen LogP contribution in [-0.2, 0) is 23.0 Å². The zero-order valence-electron chi connectivity index (χ0n) is 22.4. The number of hydrogen-bond acceptors (Lipinski definition) is 8. The molecule has 37 heavy (non-hydrogen) atoms. The van der Waals surface area contributed by atoms with Gasteiger partial charge in [-0.1, -0.05) is 41.7 Å². The van der Waals surface area contributed by atoms with Gasteiger partial charge in [-0.25, -0.2) is 14.8 Å². The van der Waals surface area contributed by atoms with Crippen molar-refractivity contribution in [2.75, 3.05) is 18.5 Å². The maximum absolute atomic E-state index is 13.2. The lowest BCUT2D eigenvalue weighted by Crippen LogP contribution is -2.38. The summed E-state index contributed by atoms with van der Waals surface area (Å²) in [4.78, 5) is 52.3. The van der Waals surface area contributed by atoms with Crippen LogP contribution in [-0.4, -0.2) is 56.5 Å². The summed E-state index contributed by atoms with van der Waals surface area (Å²) < 4.78 is 6.91. The number of Topliss-reactive ketones (excluding diaryl/α,β-unsaturated/α-hetero) is 1. The van der Waals surface area contributed by atoms with Gasteiger partial charge in [-0.15, -0.1) is 0 Å². The van der Waals surface area contributed by atoms with Gasteiger partial charge in [0.15, 0.2) is 21.3 Å². The van der Waals surface area contributed by atoms with Crippen molar-refractivity contribution < 1.29 is 14.3 Å². The first-order valence-electron chi connectivity index (χ1n) is 12.6. The molecule has 1 amide bonds. The predicted molar refractivity (Wildman–Crippen MR) is 145 cm³/mol. The Labute approximate surface area is 221 Å². The Balaban J connectivity index is 1.57. The van der Waals surface area contributed by atoms with Crippen molar-refractivity contribution >= 4 is 38.7 Å². The molecular weight excluding hydrogens is 490 g/mol. The van der Waals surface area contributed by atoms with E-state index in [-0.39, 0.29) is 22.9 Å². The van der Waals surface area contributed by atoms with E-state index >= 15 is 0 Å². The van der Waals surface area contributed by atoms with Gasteiger partial charge in [-0.05, 0) is 52.5 Å². The summed E-state index contributed by atoms with van der Waals surface area (Å²) in [6, 6.07) is 9.26. The normalized spacial score (nSPS) is 16.7. The Hall–Kier alpha value is -3.27. The first-order chi connectivity index (χ1) is 17.5. The van der Waals surface area contributed by atoms with E-state index in [1.165, 1.54) is 20.8 Å². The van der Waals surface area contributed by atoms with Crippen LogP contribution in [0.4, 0.5) is 9.93 Å². The Bertz CT molecular complexity index is 1340. The van der Waals surface area contributed by atoms with E-state index in [9.17, 15) is 14.4 Å². The molecule has 0 radical (unpaired) electrons. The van der Waals surface area contributed by atoms with Gasteiger partial charge in [-0.3, -0.25) is 14.2 Å². The van der Waals surface area contributed by atoms with Crippen LogP contribution in [0.25, 0.3) is 10.3 Å². The topological polar surface area (TPSA) is 97.6 Å². The molecule has 0 N–H and O–H groups in total. The third-order valence-electron chi connectivity index (χ3n) is 6.67. The summed E-state index contributed by atoms with van der Waals surface area (Å²) in [5.41, 5.74) is 0.510. The molecule has 198 valence electrons. The van der Waals surface area contributed by atoms with Crippen molar-refractivity contribution in [3.8, 4) is 0 Å². The van der Waals surface area contributed by atoms with Crippen molar-refractivity contribution in [2.45, 2.75) is 71.1 Å². The minimum atomic E-state index is -0.633. The molecule has 0 spiro atoms. The summed E-state index contributed by atoms with van der Waals surface area (Å²) in [7, 11) is 3.26. The highest BCUT2D eigenvalue weighted by Gasteiger charge is 2.33. The lowest BCUT2D eigenvalue weighted by molar-refractivity contribution is -0.120. The third-order valence-corrected chi connectivity index (χ3v) is 7.66. The number of aryl methyl sites for hydroxylation is 1. The molecule has 3 heterocycles. The number of benzene rings is 1. The number of carbonyl (C=O) groups is 2. The van der Waals surface area contributed by atoms with Gasteiger partial charge in [0.25, 0.3) is 5.56 Å². The zero-order valence-corrected chi connectivity index (χ0v) is 23.2. The molecule has 1 fully saturated rings. The quantitative estimate of drug-likeness (QED) is 0.448. The molecule has 9 nitrogen and oxygen atoms in total. The summed E-state index contributed by atoms with van der Waals surface area (Å²) in [5, 5.41) is 0.639. The largest absolute Gasteiger partial charge is 0.444 e. The van der Waals surface area contributed by atoms with Crippen LogP contribution in [0, 0.1) is 0 Å². The van der Waals surface area contributed by atoms with Crippen LogP contribution >= 0.6 is 11.3 Å². The molecule has 2 atom stereocenters. The number of aromatic nitrogens is 3. The summed E-state index contributed by atoms with van der Waals surface area (Å²) in [6.07, 6.45) is 2.35. The van der Waals surface area contributed by atoms with Crippen molar-refractivity contribution in [3.05, 3.63) is 52.1 Å². The van der Waals surface area contributed by atoms with Crippen LogP contribution in [0.5, 0.6) is 0 Å². The minimum absolute atomic E-state index is 0.190. The fourth-order valence-electron chi connectivity index (χ4n) is 4.53. The number of amides is 1. The van der Waals surface area contributed by atoms with E-state index < -0.39 is 17.7 Å². The zero-order chi connectivity index (χ0) is 26.9. The average molecular weight is 526 g/mol. The number of carbonyl (C=O) groups excluding carboxylic acids is 2. The number of ether oxygens (including phenoxy) is 1. The standard InChI is InChI=1S/C27H35N5O4S/c1-17(30(5)26(35)36-27(2,3)4)22-29-23-21(24(34)31(22)6)28-25(37-23)32-16-10-13-19(32)20(33)15-14-18-11-8-7-9-12-18/h7-9,11-12,17,19H,10,13-16H2,1-6H3/t17-,19-/m1/s1. The molecule has 1 aliphatic heterocycles. The number of thiazole rings is 1. The van der Waals surface area contributed by atoms with Crippen molar-refractivity contribution in [1.82, 2.24) is 19.4 Å². The second-order valence-corrected chi connectivity index (χ2v) is 11.5. The molecule has 1 aliphatic rings. The summed E-state index contributed by atoms with van der Waals surface area (Å²) in [6.45, 7) is 7.94. The SMILES string of the molecule is C[C@H](c1nc2sc(N3CCC[C@@H]3C(=O)CCc3ccccc3)nc2c(=O)n1C)N(C)C(=O)OC(C)(C)C. The molecule has 3 aromatic rings. The van der Waals surface area contributed by atoms with E-state index in [0.717, 1.165) is 18.4 Å². The molecule has 0 bridgehead atoms. The molecule has 2 aromatic heterocycles. The number of nitrogens with zero attached hydrogens (tertiary/aromatic N) is 5.